The molecule has 8 nitrogen and oxygen atoms in total. The topological polar surface area (TPSA) is 111 Å². The van der Waals surface area contributed by atoms with Gasteiger partial charge in [0.05, 0.1) is 19.8 Å². The lowest BCUT2D eigenvalue weighted by atomic mass is 9.68. The fraction of sp³-hybridized carbons (Fsp3) is 0.682. The quantitative estimate of drug-likeness (QED) is 0.685. The number of carbonyl (C=O) groups is 1. The highest BCUT2D eigenvalue weighted by molar-refractivity contribution is 7.89. The van der Waals surface area contributed by atoms with Crippen molar-refractivity contribution in [3.63, 3.8) is 0 Å². The second-order valence-corrected chi connectivity index (χ2v) is 10.6. The Morgan fingerprint density at radius 1 is 1.03 bits per heavy atom. The minimum Gasteiger partial charge on any atom is -0.496 e. The van der Waals surface area contributed by atoms with Gasteiger partial charge in [0.1, 0.15) is 16.4 Å². The minimum atomic E-state index is -4.05. The van der Waals surface area contributed by atoms with Crippen LogP contribution in [0.3, 0.4) is 0 Å². The summed E-state index contributed by atoms with van der Waals surface area (Å²) < 4.78 is 34.4. The molecule has 172 valence electrons. The second kappa shape index (κ2) is 8.96. The van der Waals surface area contributed by atoms with E-state index in [9.17, 15) is 13.2 Å². The molecule has 1 saturated heterocycles. The summed E-state index contributed by atoms with van der Waals surface area (Å²) in [5.74, 6) is 1.52. The Kier molecular flexibility index (Phi) is 6.46. The van der Waals surface area contributed by atoms with E-state index in [4.69, 9.17) is 14.6 Å². The molecular weight excluding hydrogens is 418 g/mol. The molecule has 2 saturated carbocycles. The largest absolute Gasteiger partial charge is 0.496 e. The molecule has 4 rings (SSSR count). The first-order valence-corrected chi connectivity index (χ1v) is 12.7. The van der Waals surface area contributed by atoms with Gasteiger partial charge in [0.15, 0.2) is 0 Å². The van der Waals surface area contributed by atoms with Crippen molar-refractivity contribution in [2.45, 2.75) is 61.9 Å². The SMILES string of the molecule is COc1cc(OC)c(S(N)(=O)=O)cc1C(=O)NC1CCN(C2C3CCCC2CCC3)C1. The zero-order valence-corrected chi connectivity index (χ0v) is 19.1. The van der Waals surface area contributed by atoms with Crippen LogP contribution in [0.1, 0.15) is 55.3 Å². The average Bonchev–Trinajstić information content (AvgIpc) is 3.19. The van der Waals surface area contributed by atoms with Crippen LogP contribution in [0, 0.1) is 11.8 Å². The Labute approximate surface area is 184 Å². The predicted octanol–water partition coefficient (Wildman–Crippen LogP) is 2.12. The Hall–Kier alpha value is -1.84. The number of rotatable bonds is 6. The van der Waals surface area contributed by atoms with E-state index in [1.54, 1.807) is 0 Å². The normalized spacial score (nSPS) is 28.9. The van der Waals surface area contributed by atoms with E-state index >= 15 is 0 Å². The molecule has 3 fully saturated rings. The van der Waals surface area contributed by atoms with E-state index in [1.165, 1.54) is 64.9 Å². The number of nitrogens with two attached hydrogens (primary N) is 1. The molecule has 9 heteroatoms. The van der Waals surface area contributed by atoms with Crippen molar-refractivity contribution in [1.82, 2.24) is 10.2 Å². The summed E-state index contributed by atoms with van der Waals surface area (Å²) in [5.41, 5.74) is 0.139. The number of likely N-dealkylation sites (tertiary alicyclic amines) is 1. The summed E-state index contributed by atoms with van der Waals surface area (Å²) in [6.45, 7) is 1.83. The van der Waals surface area contributed by atoms with E-state index in [1.807, 2.05) is 0 Å². The van der Waals surface area contributed by atoms with E-state index in [-0.39, 0.29) is 33.9 Å². The number of sulfonamides is 1. The molecule has 0 radical (unpaired) electrons. The number of nitrogens with zero attached hydrogens (tertiary/aromatic N) is 1. The molecule has 1 heterocycles. The van der Waals surface area contributed by atoms with E-state index in [2.05, 4.69) is 10.2 Å². The maximum atomic E-state index is 13.1. The molecule has 2 bridgehead atoms. The maximum Gasteiger partial charge on any atom is 0.255 e. The van der Waals surface area contributed by atoms with Crippen molar-refractivity contribution in [2.75, 3.05) is 27.3 Å². The summed E-state index contributed by atoms with van der Waals surface area (Å²) in [5, 5.41) is 8.40. The molecule has 1 amide bonds. The smallest absolute Gasteiger partial charge is 0.255 e. The zero-order valence-electron chi connectivity index (χ0n) is 18.3. The number of hydrogen-bond acceptors (Lipinski definition) is 6. The van der Waals surface area contributed by atoms with Gasteiger partial charge in [-0.1, -0.05) is 12.8 Å². The third kappa shape index (κ3) is 4.54. The van der Waals surface area contributed by atoms with Crippen molar-refractivity contribution in [1.29, 1.82) is 0 Å². The number of methoxy groups -OCH3 is 2. The molecule has 0 aromatic heterocycles. The molecule has 0 spiro atoms. The van der Waals surface area contributed by atoms with Crippen molar-refractivity contribution in [3.8, 4) is 11.5 Å². The fourth-order valence-corrected chi connectivity index (χ4v) is 6.65. The Morgan fingerprint density at radius 2 is 1.65 bits per heavy atom. The fourth-order valence-electron chi connectivity index (χ4n) is 5.95. The van der Waals surface area contributed by atoms with Crippen molar-refractivity contribution >= 4 is 15.9 Å². The van der Waals surface area contributed by atoms with Crippen LogP contribution in [0.5, 0.6) is 11.5 Å². The maximum absolute atomic E-state index is 13.1. The molecular formula is C22H33N3O5S. The first kappa shape index (κ1) is 22.4. The van der Waals surface area contributed by atoms with Gasteiger partial charge >= 0.3 is 0 Å². The van der Waals surface area contributed by atoms with Crippen LogP contribution in [0.25, 0.3) is 0 Å². The first-order valence-electron chi connectivity index (χ1n) is 11.2. The highest BCUT2D eigenvalue weighted by Gasteiger charge is 2.42. The van der Waals surface area contributed by atoms with Crippen molar-refractivity contribution in [2.24, 2.45) is 17.0 Å². The third-order valence-corrected chi connectivity index (χ3v) is 8.21. The number of amides is 1. The summed E-state index contributed by atoms with van der Waals surface area (Å²) >= 11 is 0. The number of nitrogens with one attached hydrogen (secondary N) is 1. The third-order valence-electron chi connectivity index (χ3n) is 7.28. The highest BCUT2D eigenvalue weighted by atomic mass is 32.2. The van der Waals surface area contributed by atoms with E-state index < -0.39 is 10.0 Å². The van der Waals surface area contributed by atoms with Crippen LogP contribution < -0.4 is 19.9 Å². The van der Waals surface area contributed by atoms with Crippen LogP contribution in [0.4, 0.5) is 0 Å². The number of hydrogen-bond donors (Lipinski definition) is 2. The Bertz CT molecular complexity index is 913. The predicted molar refractivity (Wildman–Crippen MR) is 117 cm³/mol. The van der Waals surface area contributed by atoms with Gasteiger partial charge in [-0.2, -0.15) is 0 Å². The Morgan fingerprint density at radius 3 is 2.19 bits per heavy atom. The van der Waals surface area contributed by atoms with Gasteiger partial charge in [-0.05, 0) is 50.0 Å². The Balaban J connectivity index is 1.49. The number of benzene rings is 1. The zero-order chi connectivity index (χ0) is 22.2. The first-order chi connectivity index (χ1) is 14.8. The van der Waals surface area contributed by atoms with Crippen molar-refractivity contribution < 1.29 is 22.7 Å². The monoisotopic (exact) mass is 451 g/mol. The minimum absolute atomic E-state index is 0.0277. The molecule has 1 unspecified atom stereocenters. The molecule has 3 N–H and O–H groups in total. The van der Waals surface area contributed by atoms with Gasteiger partial charge in [0, 0.05) is 31.2 Å². The van der Waals surface area contributed by atoms with Gasteiger partial charge in [-0.15, -0.1) is 0 Å². The van der Waals surface area contributed by atoms with Crippen LogP contribution in [-0.2, 0) is 10.0 Å². The summed E-state index contributed by atoms with van der Waals surface area (Å²) in [4.78, 5) is 15.4. The number of carbonyl (C=O) groups excluding carboxylic acids is 1. The molecule has 2 aliphatic carbocycles. The molecule has 1 aliphatic heterocycles. The van der Waals surface area contributed by atoms with Gasteiger partial charge in [0.2, 0.25) is 10.0 Å². The van der Waals surface area contributed by atoms with E-state index in [0.717, 1.165) is 31.3 Å². The molecule has 31 heavy (non-hydrogen) atoms. The van der Waals surface area contributed by atoms with Crippen LogP contribution >= 0.6 is 0 Å². The highest BCUT2D eigenvalue weighted by Crippen LogP contribution is 2.43. The summed E-state index contributed by atoms with van der Waals surface area (Å²) in [6.07, 6.45) is 8.90. The van der Waals surface area contributed by atoms with Gasteiger partial charge < -0.3 is 14.8 Å². The lowest BCUT2D eigenvalue weighted by molar-refractivity contribution is 0.0346. The van der Waals surface area contributed by atoms with Crippen LogP contribution in [-0.4, -0.2) is 58.6 Å². The van der Waals surface area contributed by atoms with Gasteiger partial charge in [-0.3, -0.25) is 9.69 Å². The standard InChI is InChI=1S/C22H33N3O5S/c1-29-18-12-19(30-2)20(31(23,27)28)11-17(18)22(26)24-16-9-10-25(13-16)21-14-5-3-6-15(21)8-4-7-14/h11-12,14-16,21H,3-10,13H2,1-2H3,(H,24,26)(H2,23,27,28). The van der Waals surface area contributed by atoms with E-state index in [0.29, 0.717) is 6.04 Å². The number of primary sulfonamides is 1. The molecule has 1 atom stereocenters. The van der Waals surface area contributed by atoms with Crippen molar-refractivity contribution in [3.05, 3.63) is 17.7 Å². The molecule has 1 aromatic carbocycles. The summed E-state index contributed by atoms with van der Waals surface area (Å²) in [7, 11) is -1.28. The van der Waals surface area contributed by atoms with Gasteiger partial charge in [0.25, 0.3) is 5.91 Å². The van der Waals surface area contributed by atoms with Crippen LogP contribution in [0.15, 0.2) is 17.0 Å². The lowest BCUT2D eigenvalue weighted by Gasteiger charge is -2.47. The lowest BCUT2D eigenvalue weighted by Crippen LogP contribution is -2.50. The summed E-state index contributed by atoms with van der Waals surface area (Å²) in [6, 6.07) is 3.30. The number of ether oxygens (including phenoxy) is 2. The number of fused-ring (bicyclic) bond motifs is 2. The molecule has 3 aliphatic rings. The van der Waals surface area contributed by atoms with Crippen LogP contribution in [0.2, 0.25) is 0 Å². The molecule has 1 aromatic rings. The average molecular weight is 452 g/mol. The second-order valence-electron chi connectivity index (χ2n) is 9.07. The van der Waals surface area contributed by atoms with Gasteiger partial charge in [-0.25, -0.2) is 13.6 Å².